The van der Waals surface area contributed by atoms with E-state index in [1.54, 1.807) is 30.5 Å². The van der Waals surface area contributed by atoms with Gasteiger partial charge in [0.2, 0.25) is 11.8 Å². The summed E-state index contributed by atoms with van der Waals surface area (Å²) in [5.74, 6) is 1.54. The highest BCUT2D eigenvalue weighted by molar-refractivity contribution is 6.32. The van der Waals surface area contributed by atoms with Gasteiger partial charge in [0.05, 0.1) is 11.1 Å². The van der Waals surface area contributed by atoms with E-state index in [4.69, 9.17) is 21.1 Å². The Morgan fingerprint density at radius 3 is 2.62 bits per heavy atom. The van der Waals surface area contributed by atoms with E-state index in [1.165, 1.54) is 6.92 Å². The maximum Gasteiger partial charge on any atom is 0.219 e. The molecule has 1 heterocycles. The smallest absolute Gasteiger partial charge is 0.219 e. The van der Waals surface area contributed by atoms with Gasteiger partial charge in [-0.3, -0.25) is 4.79 Å². The fraction of sp³-hybridized carbons (Fsp3) is 0.300. The summed E-state index contributed by atoms with van der Waals surface area (Å²) in [6.07, 6.45) is 5.53. The number of hydrogen-bond acceptors (Lipinski definition) is 4. The normalized spacial score (nSPS) is 12.2. The Morgan fingerprint density at radius 2 is 2.00 bits per heavy atom. The Morgan fingerprint density at radius 1 is 1.23 bits per heavy atom. The summed E-state index contributed by atoms with van der Waals surface area (Å²) >= 11 is 6.19. The number of aromatic nitrogens is 1. The van der Waals surface area contributed by atoms with Gasteiger partial charge in [0.15, 0.2) is 5.75 Å². The van der Waals surface area contributed by atoms with Gasteiger partial charge < -0.3 is 14.8 Å². The number of halogens is 1. The van der Waals surface area contributed by atoms with Gasteiger partial charge in [-0.1, -0.05) is 23.8 Å². The summed E-state index contributed by atoms with van der Waals surface area (Å²) in [6.45, 7) is 7.30. The number of hydrogen-bond donors (Lipinski definition) is 1. The van der Waals surface area contributed by atoms with Crippen LogP contribution in [0.15, 0.2) is 42.6 Å². The minimum absolute atomic E-state index is 0.0501. The molecule has 0 saturated carbocycles. The molecule has 0 aliphatic heterocycles. The van der Waals surface area contributed by atoms with Crippen molar-refractivity contribution in [2.24, 2.45) is 0 Å². The first kappa shape index (κ1) is 19.8. The van der Waals surface area contributed by atoms with Crippen LogP contribution in [0.25, 0.3) is 6.08 Å². The molecule has 0 aliphatic carbocycles. The first-order valence-corrected chi connectivity index (χ1v) is 8.76. The molecule has 0 spiro atoms. The fourth-order valence-corrected chi connectivity index (χ4v) is 2.35. The largest absolute Gasteiger partial charge is 0.491 e. The topological polar surface area (TPSA) is 60.5 Å². The van der Waals surface area contributed by atoms with Crippen molar-refractivity contribution in [2.45, 2.75) is 39.8 Å². The molecule has 1 aromatic heterocycles. The number of benzene rings is 1. The van der Waals surface area contributed by atoms with Crippen molar-refractivity contribution in [3.05, 3.63) is 53.2 Å². The van der Waals surface area contributed by atoms with Crippen LogP contribution < -0.4 is 14.8 Å². The number of rotatable bonds is 7. The molecule has 0 saturated heterocycles. The van der Waals surface area contributed by atoms with Crippen molar-refractivity contribution in [1.82, 2.24) is 10.3 Å². The molecule has 2 rings (SSSR count). The molecule has 0 radical (unpaired) electrons. The van der Waals surface area contributed by atoms with E-state index in [0.717, 1.165) is 5.56 Å². The van der Waals surface area contributed by atoms with Crippen LogP contribution in [-0.4, -0.2) is 23.0 Å². The average molecular weight is 375 g/mol. The van der Waals surface area contributed by atoms with Crippen molar-refractivity contribution >= 4 is 23.6 Å². The monoisotopic (exact) mass is 374 g/mol. The van der Waals surface area contributed by atoms with Crippen LogP contribution in [0.4, 0.5) is 0 Å². The third-order valence-corrected chi connectivity index (χ3v) is 3.57. The molecule has 1 N–H and O–H groups in total. The third kappa shape index (κ3) is 6.41. The fourth-order valence-electron chi connectivity index (χ4n) is 2.19. The first-order valence-electron chi connectivity index (χ1n) is 8.39. The summed E-state index contributed by atoms with van der Waals surface area (Å²) in [6, 6.07) is 8.86. The molecule has 6 heteroatoms. The summed E-state index contributed by atoms with van der Waals surface area (Å²) in [4.78, 5) is 15.3. The third-order valence-electron chi connectivity index (χ3n) is 3.26. The maximum absolute atomic E-state index is 11.0. The number of amides is 1. The molecule has 0 aliphatic rings. The molecular formula is C20H23ClN2O3. The number of nitrogens with one attached hydrogen (secondary N) is 1. The zero-order chi connectivity index (χ0) is 19.1. The lowest BCUT2D eigenvalue weighted by atomic mass is 10.2. The van der Waals surface area contributed by atoms with Gasteiger partial charge in [0.25, 0.3) is 0 Å². The van der Waals surface area contributed by atoms with Gasteiger partial charge in [-0.05, 0) is 44.5 Å². The van der Waals surface area contributed by atoms with Crippen LogP contribution in [0.1, 0.15) is 33.3 Å². The number of carbonyl (C=O) groups excluding carboxylic acids is 1. The second-order valence-electron chi connectivity index (χ2n) is 6.14. The molecule has 1 aromatic carbocycles. The molecule has 138 valence electrons. The Bertz CT molecular complexity index is 773. The Balaban J connectivity index is 2.05. The molecule has 0 bridgehead atoms. The number of ether oxygens (including phenoxy) is 2. The minimum Gasteiger partial charge on any atom is -0.491 e. The first-order chi connectivity index (χ1) is 12.3. The average Bonchev–Trinajstić information content (AvgIpc) is 2.56. The van der Waals surface area contributed by atoms with Crippen LogP contribution in [0, 0.1) is 0 Å². The summed E-state index contributed by atoms with van der Waals surface area (Å²) in [7, 11) is 0. The zero-order valence-electron chi connectivity index (χ0n) is 15.3. The van der Waals surface area contributed by atoms with Crippen LogP contribution >= 0.6 is 11.6 Å². The Kier molecular flexibility index (Phi) is 7.04. The van der Waals surface area contributed by atoms with Crippen LogP contribution in [0.2, 0.25) is 5.02 Å². The molecule has 0 fully saturated rings. The van der Waals surface area contributed by atoms with Crippen LogP contribution in [0.3, 0.4) is 0 Å². The summed E-state index contributed by atoms with van der Waals surface area (Å²) < 4.78 is 11.4. The van der Waals surface area contributed by atoms with Crippen molar-refractivity contribution in [3.8, 4) is 17.4 Å². The Labute approximate surface area is 159 Å². The van der Waals surface area contributed by atoms with Crippen molar-refractivity contribution < 1.29 is 14.3 Å². The van der Waals surface area contributed by atoms with Gasteiger partial charge in [-0.25, -0.2) is 4.98 Å². The maximum atomic E-state index is 11.0. The van der Waals surface area contributed by atoms with Gasteiger partial charge >= 0.3 is 0 Å². The van der Waals surface area contributed by atoms with E-state index >= 15 is 0 Å². The second-order valence-corrected chi connectivity index (χ2v) is 6.55. The molecule has 5 nitrogen and oxygen atoms in total. The van der Waals surface area contributed by atoms with E-state index in [2.05, 4.69) is 10.3 Å². The van der Waals surface area contributed by atoms with Gasteiger partial charge in [0.1, 0.15) is 5.75 Å². The predicted molar refractivity (Wildman–Crippen MR) is 104 cm³/mol. The van der Waals surface area contributed by atoms with Gasteiger partial charge in [0, 0.05) is 31.3 Å². The zero-order valence-corrected chi connectivity index (χ0v) is 16.1. The number of pyridine rings is 1. The van der Waals surface area contributed by atoms with E-state index in [1.807, 2.05) is 39.0 Å². The Hall–Kier alpha value is -2.53. The van der Waals surface area contributed by atoms with Gasteiger partial charge in [-0.15, -0.1) is 0 Å². The van der Waals surface area contributed by atoms with E-state index in [9.17, 15) is 4.79 Å². The van der Waals surface area contributed by atoms with Crippen LogP contribution in [-0.2, 0) is 4.79 Å². The number of carbonyl (C=O) groups is 1. The molecule has 2 aromatic rings. The molecule has 0 unspecified atom stereocenters. The van der Waals surface area contributed by atoms with E-state index < -0.39 is 0 Å². The highest BCUT2D eigenvalue weighted by Crippen LogP contribution is 2.32. The lowest BCUT2D eigenvalue weighted by molar-refractivity contribution is -0.119. The highest BCUT2D eigenvalue weighted by Gasteiger charge is 2.08. The second kappa shape index (κ2) is 9.25. The lowest BCUT2D eigenvalue weighted by Crippen LogP contribution is -2.28. The van der Waals surface area contributed by atoms with E-state index in [0.29, 0.717) is 22.4 Å². The lowest BCUT2D eigenvalue weighted by Gasteiger charge is -2.12. The minimum atomic E-state index is -0.0652. The summed E-state index contributed by atoms with van der Waals surface area (Å²) in [5, 5.41) is 3.27. The standard InChI is InChI=1S/C20H23ClN2O3/c1-13(2)25-17-8-9-18(21)19(11-17)26-20-10-7-16(12-22-20)6-5-14(3)23-15(4)24/h5-14H,1-4H3,(H,23,24)/b6-5+/t14-/m0/s1. The molecular weight excluding hydrogens is 352 g/mol. The molecule has 1 amide bonds. The quantitative estimate of drug-likeness (QED) is 0.752. The van der Waals surface area contributed by atoms with Crippen LogP contribution in [0.5, 0.6) is 17.4 Å². The van der Waals surface area contributed by atoms with Crippen molar-refractivity contribution in [3.63, 3.8) is 0 Å². The van der Waals surface area contributed by atoms with Crippen molar-refractivity contribution in [2.75, 3.05) is 0 Å². The SMILES string of the molecule is CC(=O)N[C@@H](C)/C=C/c1ccc(Oc2cc(OC(C)C)ccc2Cl)nc1. The summed E-state index contributed by atoms with van der Waals surface area (Å²) in [5.41, 5.74) is 0.901. The number of nitrogens with zero attached hydrogens (tertiary/aromatic N) is 1. The van der Waals surface area contributed by atoms with Crippen molar-refractivity contribution in [1.29, 1.82) is 0 Å². The van der Waals surface area contributed by atoms with E-state index in [-0.39, 0.29) is 18.1 Å². The molecule has 1 atom stereocenters. The van der Waals surface area contributed by atoms with Gasteiger partial charge in [-0.2, -0.15) is 0 Å². The molecule has 26 heavy (non-hydrogen) atoms. The highest BCUT2D eigenvalue weighted by atomic mass is 35.5. The predicted octanol–water partition coefficient (Wildman–Crippen LogP) is 4.85.